The molecule has 0 bridgehead atoms. The Hall–Kier alpha value is -2.26. The van der Waals surface area contributed by atoms with Gasteiger partial charge in [0.1, 0.15) is 0 Å². The molecule has 0 unspecified atom stereocenters. The summed E-state index contributed by atoms with van der Waals surface area (Å²) >= 11 is 6.03. The van der Waals surface area contributed by atoms with E-state index in [4.69, 9.17) is 16.3 Å². The number of esters is 1. The van der Waals surface area contributed by atoms with Crippen LogP contribution in [0.5, 0.6) is 0 Å². The average molecular weight is 340 g/mol. The summed E-state index contributed by atoms with van der Waals surface area (Å²) in [7, 11) is 1.41. The largest absolute Gasteiger partial charge is 0.465 e. The van der Waals surface area contributed by atoms with Crippen LogP contribution in [0, 0.1) is 5.92 Å². The summed E-state index contributed by atoms with van der Waals surface area (Å²) in [6.45, 7) is 0. The van der Waals surface area contributed by atoms with Crippen LogP contribution in [0.2, 0.25) is 5.02 Å². The van der Waals surface area contributed by atoms with Gasteiger partial charge in [-0.05, 0) is 53.8 Å². The Labute approximate surface area is 146 Å². The van der Waals surface area contributed by atoms with Gasteiger partial charge in [-0.1, -0.05) is 35.9 Å². The summed E-state index contributed by atoms with van der Waals surface area (Å²) in [5, 5.41) is 4.40. The molecule has 0 radical (unpaired) electrons. The van der Waals surface area contributed by atoms with Crippen molar-refractivity contribution < 1.29 is 9.53 Å². The van der Waals surface area contributed by atoms with Crippen LogP contribution in [0.1, 0.15) is 39.9 Å². The van der Waals surface area contributed by atoms with Crippen LogP contribution in [-0.2, 0) is 4.74 Å². The number of carbonyl (C=O) groups is 1. The molecular weight excluding hydrogens is 322 g/mol. The fourth-order valence-corrected chi connectivity index (χ4v) is 3.97. The van der Waals surface area contributed by atoms with Crippen molar-refractivity contribution in [2.24, 2.45) is 5.92 Å². The van der Waals surface area contributed by atoms with Crippen LogP contribution in [-0.4, -0.2) is 13.1 Å². The monoisotopic (exact) mass is 339 g/mol. The Balaban J connectivity index is 1.74. The lowest BCUT2D eigenvalue weighted by Gasteiger charge is -2.37. The molecule has 4 rings (SSSR count). The fourth-order valence-electron chi connectivity index (χ4n) is 3.84. The van der Waals surface area contributed by atoms with Gasteiger partial charge in [-0.3, -0.25) is 0 Å². The molecule has 0 spiro atoms. The molecule has 1 heterocycles. The molecule has 3 nitrogen and oxygen atoms in total. The van der Waals surface area contributed by atoms with E-state index in [-0.39, 0.29) is 12.0 Å². The second kappa shape index (κ2) is 5.99. The zero-order valence-electron chi connectivity index (χ0n) is 13.3. The van der Waals surface area contributed by atoms with E-state index in [0.29, 0.717) is 17.4 Å². The third-order valence-electron chi connectivity index (χ3n) is 5.01. The number of hydrogen-bond acceptors (Lipinski definition) is 3. The maximum Gasteiger partial charge on any atom is 0.337 e. The Morgan fingerprint density at radius 3 is 2.75 bits per heavy atom. The molecule has 1 aliphatic heterocycles. The Morgan fingerprint density at radius 1 is 1.21 bits per heavy atom. The molecule has 122 valence electrons. The zero-order chi connectivity index (χ0) is 16.7. The second-order valence-electron chi connectivity index (χ2n) is 6.32. The topological polar surface area (TPSA) is 38.3 Å². The highest BCUT2D eigenvalue weighted by atomic mass is 35.5. The molecule has 3 atom stereocenters. The van der Waals surface area contributed by atoms with Crippen LogP contribution < -0.4 is 5.32 Å². The molecule has 1 N–H and O–H groups in total. The van der Waals surface area contributed by atoms with Crippen molar-refractivity contribution in [3.8, 4) is 0 Å². The van der Waals surface area contributed by atoms with Gasteiger partial charge in [0.05, 0.1) is 18.7 Å². The summed E-state index contributed by atoms with van der Waals surface area (Å²) in [5.41, 5.74) is 4.08. The van der Waals surface area contributed by atoms with Gasteiger partial charge in [-0.25, -0.2) is 4.79 Å². The van der Waals surface area contributed by atoms with Gasteiger partial charge in [0.25, 0.3) is 0 Å². The van der Waals surface area contributed by atoms with E-state index < -0.39 is 0 Å². The molecule has 0 saturated carbocycles. The van der Waals surface area contributed by atoms with Crippen LogP contribution in [0.25, 0.3) is 0 Å². The zero-order valence-corrected chi connectivity index (χ0v) is 14.1. The number of nitrogens with one attached hydrogen (secondary N) is 1. The summed E-state index contributed by atoms with van der Waals surface area (Å²) in [4.78, 5) is 11.8. The van der Waals surface area contributed by atoms with E-state index in [1.165, 1.54) is 18.2 Å². The molecule has 0 saturated heterocycles. The molecular formula is C20H18ClNO2. The quantitative estimate of drug-likeness (QED) is 0.621. The summed E-state index contributed by atoms with van der Waals surface area (Å²) in [6.07, 6.45) is 5.51. The van der Waals surface area contributed by atoms with E-state index in [1.807, 2.05) is 30.3 Å². The minimum atomic E-state index is -0.295. The first-order valence-corrected chi connectivity index (χ1v) is 8.46. The molecule has 2 aliphatic rings. The molecule has 1 aliphatic carbocycles. The van der Waals surface area contributed by atoms with Crippen molar-refractivity contribution in [3.05, 3.63) is 76.3 Å². The lowest BCUT2D eigenvalue weighted by Crippen LogP contribution is -2.29. The van der Waals surface area contributed by atoms with E-state index in [2.05, 4.69) is 29.6 Å². The third-order valence-corrected chi connectivity index (χ3v) is 5.26. The van der Waals surface area contributed by atoms with Gasteiger partial charge in [-0.15, -0.1) is 0 Å². The predicted molar refractivity (Wildman–Crippen MR) is 95.6 cm³/mol. The second-order valence-corrected chi connectivity index (χ2v) is 6.76. The number of rotatable bonds is 2. The molecule has 0 aromatic heterocycles. The first-order chi connectivity index (χ1) is 11.7. The number of benzene rings is 2. The minimum absolute atomic E-state index is 0.235. The normalized spacial score (nSPS) is 24.0. The molecule has 4 heteroatoms. The third kappa shape index (κ3) is 2.49. The number of fused-ring (bicyclic) bond motifs is 3. The van der Waals surface area contributed by atoms with Gasteiger partial charge >= 0.3 is 5.97 Å². The Kier molecular flexibility index (Phi) is 3.81. The number of hydrogen-bond donors (Lipinski definition) is 1. The van der Waals surface area contributed by atoms with Crippen molar-refractivity contribution in [2.75, 3.05) is 12.4 Å². The number of halogens is 1. The highest BCUT2D eigenvalue weighted by Crippen LogP contribution is 2.50. The van der Waals surface area contributed by atoms with Crippen molar-refractivity contribution in [1.82, 2.24) is 0 Å². The summed E-state index contributed by atoms with van der Waals surface area (Å²) in [6, 6.07) is 14.0. The van der Waals surface area contributed by atoms with Crippen molar-refractivity contribution in [1.29, 1.82) is 0 Å². The molecule has 0 fully saturated rings. The van der Waals surface area contributed by atoms with Crippen molar-refractivity contribution >= 4 is 23.3 Å². The highest BCUT2D eigenvalue weighted by Gasteiger charge is 2.38. The smallest absolute Gasteiger partial charge is 0.337 e. The lowest BCUT2D eigenvalue weighted by atomic mass is 9.76. The maximum atomic E-state index is 11.8. The molecule has 2 aromatic rings. The lowest BCUT2D eigenvalue weighted by molar-refractivity contribution is 0.0600. The number of ether oxygens (including phenoxy) is 1. The number of methoxy groups -OCH3 is 1. The van der Waals surface area contributed by atoms with Crippen LogP contribution in [0.3, 0.4) is 0 Å². The molecule has 2 aromatic carbocycles. The van der Waals surface area contributed by atoms with E-state index in [9.17, 15) is 4.79 Å². The minimum Gasteiger partial charge on any atom is -0.465 e. The maximum absolute atomic E-state index is 11.8. The number of carbonyl (C=O) groups excluding carboxylic acids is 1. The summed E-state index contributed by atoms with van der Waals surface area (Å²) in [5.74, 6) is 0.453. The van der Waals surface area contributed by atoms with E-state index >= 15 is 0 Å². The first kappa shape index (κ1) is 15.3. The summed E-state index contributed by atoms with van der Waals surface area (Å²) < 4.78 is 4.85. The molecule has 0 amide bonds. The molecule has 24 heavy (non-hydrogen) atoms. The van der Waals surface area contributed by atoms with Crippen LogP contribution in [0.15, 0.2) is 54.6 Å². The highest BCUT2D eigenvalue weighted by molar-refractivity contribution is 6.30. The van der Waals surface area contributed by atoms with Gasteiger partial charge in [0.15, 0.2) is 0 Å². The number of allylic oxidation sites excluding steroid dienone is 2. The van der Waals surface area contributed by atoms with Crippen LogP contribution in [0.4, 0.5) is 5.69 Å². The van der Waals surface area contributed by atoms with Gasteiger partial charge in [0.2, 0.25) is 0 Å². The average Bonchev–Trinajstić information content (AvgIpc) is 3.11. The van der Waals surface area contributed by atoms with Gasteiger partial charge < -0.3 is 10.1 Å². The standard InChI is InChI=1S/C20H18ClNO2/c1-24-20(23)13-7-10-18-17(11-13)15-3-2-4-16(15)19(22-18)12-5-8-14(21)9-6-12/h2-3,5-11,15-16,19,22H,4H2,1H3/t15-,16+,19-/m1/s1. The van der Waals surface area contributed by atoms with Crippen molar-refractivity contribution in [3.63, 3.8) is 0 Å². The van der Waals surface area contributed by atoms with Crippen molar-refractivity contribution in [2.45, 2.75) is 18.4 Å². The van der Waals surface area contributed by atoms with Gasteiger partial charge in [0, 0.05) is 16.6 Å². The first-order valence-electron chi connectivity index (χ1n) is 8.08. The van der Waals surface area contributed by atoms with Crippen LogP contribution >= 0.6 is 11.6 Å². The van der Waals surface area contributed by atoms with E-state index in [1.54, 1.807) is 0 Å². The predicted octanol–water partition coefficient (Wildman–Crippen LogP) is 4.95. The van der Waals surface area contributed by atoms with E-state index in [0.717, 1.165) is 17.1 Å². The SMILES string of the molecule is COC(=O)c1ccc2c(c1)[C@@H]1C=CC[C@@H]1[C@@H](c1ccc(Cl)cc1)N2. The Morgan fingerprint density at radius 2 is 2.00 bits per heavy atom. The van der Waals surface area contributed by atoms with Gasteiger partial charge in [-0.2, -0.15) is 0 Å². The Bertz CT molecular complexity index is 813. The number of anilines is 1. The fraction of sp³-hybridized carbons (Fsp3) is 0.250.